The van der Waals surface area contributed by atoms with Gasteiger partial charge in [0.05, 0.1) is 5.56 Å². The third-order valence-corrected chi connectivity index (χ3v) is 4.99. The highest BCUT2D eigenvalue weighted by atomic mass is 19.4. The summed E-state index contributed by atoms with van der Waals surface area (Å²) in [6.07, 6.45) is 3.48. The van der Waals surface area contributed by atoms with Gasteiger partial charge in [0.25, 0.3) is 0 Å². The largest absolute Gasteiger partial charge is 0.418 e. The van der Waals surface area contributed by atoms with Gasteiger partial charge in [0.15, 0.2) is 5.82 Å². The smallest absolute Gasteiger partial charge is 0.387 e. The van der Waals surface area contributed by atoms with Crippen molar-refractivity contribution in [2.45, 2.75) is 13.1 Å². The average molecular weight is 447 g/mol. The van der Waals surface area contributed by atoms with Crippen molar-refractivity contribution in [1.82, 2.24) is 25.3 Å². The number of ether oxygens (including phenoxy) is 1. The van der Waals surface area contributed by atoms with Gasteiger partial charge in [-0.3, -0.25) is 0 Å². The third-order valence-electron chi connectivity index (χ3n) is 4.99. The van der Waals surface area contributed by atoms with Crippen LogP contribution < -0.4 is 20.7 Å². The fraction of sp³-hybridized carbons (Fsp3) is 0.300. The van der Waals surface area contributed by atoms with Gasteiger partial charge in [-0.1, -0.05) is 6.42 Å². The number of pyridine rings is 2. The zero-order chi connectivity index (χ0) is 23.0. The first-order chi connectivity index (χ1) is 15.2. The Morgan fingerprint density at radius 2 is 1.91 bits per heavy atom. The lowest BCUT2D eigenvalue weighted by Gasteiger charge is -2.29. The van der Waals surface area contributed by atoms with Crippen molar-refractivity contribution < 1.29 is 22.3 Å². The molecule has 3 aromatic heterocycles. The van der Waals surface area contributed by atoms with E-state index in [9.17, 15) is 13.2 Å². The zero-order valence-corrected chi connectivity index (χ0v) is 16.8. The van der Waals surface area contributed by atoms with E-state index in [4.69, 9.17) is 16.9 Å². The minimum absolute atomic E-state index is 0.0581. The molecule has 1 aliphatic rings. The quantitative estimate of drug-likeness (QED) is 0.467. The number of rotatable bonds is 3. The molecule has 32 heavy (non-hydrogen) atoms. The molecule has 3 aromatic rings. The maximum atomic E-state index is 15.6. The molecule has 0 spiro atoms. The number of terminal acetylenes is 1. The molecule has 0 amide bonds. The summed E-state index contributed by atoms with van der Waals surface area (Å²) in [4.78, 5) is 17.7. The van der Waals surface area contributed by atoms with Crippen LogP contribution in [0.1, 0.15) is 11.1 Å². The Morgan fingerprint density at radius 1 is 1.19 bits per heavy atom. The average Bonchev–Trinajstić information content (AvgIpc) is 2.74. The predicted octanol–water partition coefficient (Wildman–Crippen LogP) is 2.51. The molecule has 8 nitrogen and oxygen atoms in total. The summed E-state index contributed by atoms with van der Waals surface area (Å²) in [5, 5.41) is 3.24. The predicted molar refractivity (Wildman–Crippen MR) is 109 cm³/mol. The van der Waals surface area contributed by atoms with Gasteiger partial charge in [0, 0.05) is 26.2 Å². The highest BCUT2D eigenvalue weighted by molar-refractivity contribution is 5.96. The molecule has 1 fully saturated rings. The lowest BCUT2D eigenvalue weighted by atomic mass is 10.0. The molecule has 0 unspecified atom stereocenters. The summed E-state index contributed by atoms with van der Waals surface area (Å²) in [5.74, 6) is -1.34. The first kappa shape index (κ1) is 21.5. The number of halogens is 4. The van der Waals surface area contributed by atoms with Crippen LogP contribution in [-0.4, -0.2) is 46.1 Å². The third kappa shape index (κ3) is 3.71. The van der Waals surface area contributed by atoms with Crippen molar-refractivity contribution in [1.29, 1.82) is 0 Å². The number of nitrogens with two attached hydrogens (primary N) is 1. The number of hydrogen-bond donors (Lipinski definition) is 2. The number of aryl methyl sites for hydroxylation is 1. The zero-order valence-electron chi connectivity index (χ0n) is 16.8. The number of fused-ring (bicyclic) bond motifs is 1. The minimum atomic E-state index is -4.84. The number of aromatic nitrogens is 4. The van der Waals surface area contributed by atoms with Crippen LogP contribution in [0.2, 0.25) is 0 Å². The molecule has 12 heteroatoms. The van der Waals surface area contributed by atoms with Gasteiger partial charge in [0.2, 0.25) is 5.88 Å². The molecule has 1 aliphatic heterocycles. The molecular formula is C20H17F4N7O. The lowest BCUT2D eigenvalue weighted by Crippen LogP contribution is -2.44. The fourth-order valence-corrected chi connectivity index (χ4v) is 3.69. The number of alkyl halides is 3. The Labute approximate surface area is 179 Å². The van der Waals surface area contributed by atoms with Gasteiger partial charge in [-0.25, -0.2) is 24.3 Å². The topological polar surface area (TPSA) is 102 Å². The van der Waals surface area contributed by atoms with Crippen molar-refractivity contribution >= 4 is 22.5 Å². The molecule has 0 aliphatic carbocycles. The molecule has 3 N–H and O–H groups in total. The number of piperazine rings is 1. The molecule has 0 saturated carbocycles. The van der Waals surface area contributed by atoms with Gasteiger partial charge in [0.1, 0.15) is 46.4 Å². The van der Waals surface area contributed by atoms with E-state index in [0.717, 1.165) is 12.4 Å². The summed E-state index contributed by atoms with van der Waals surface area (Å²) < 4.78 is 62.1. The van der Waals surface area contributed by atoms with Gasteiger partial charge >= 0.3 is 6.18 Å². The number of anilines is 2. The normalized spacial score (nSPS) is 14.4. The second kappa shape index (κ2) is 8.08. The van der Waals surface area contributed by atoms with Gasteiger partial charge in [-0.2, -0.15) is 13.2 Å². The lowest BCUT2D eigenvalue weighted by molar-refractivity contribution is -0.137. The molecule has 0 bridgehead atoms. The minimum Gasteiger partial charge on any atom is -0.387 e. The Kier molecular flexibility index (Phi) is 5.43. The molecule has 0 radical (unpaired) electrons. The monoisotopic (exact) mass is 447 g/mol. The maximum absolute atomic E-state index is 15.6. The summed E-state index contributed by atoms with van der Waals surface area (Å²) in [6.45, 7) is 3.63. The molecule has 4 heterocycles. The van der Waals surface area contributed by atoms with Crippen LogP contribution >= 0.6 is 0 Å². The second-order valence-corrected chi connectivity index (χ2v) is 7.04. The van der Waals surface area contributed by atoms with Crippen LogP contribution in [0.15, 0.2) is 12.4 Å². The molecule has 4 rings (SSSR count). The van der Waals surface area contributed by atoms with Crippen LogP contribution in [0.3, 0.4) is 0 Å². The number of nitrogen functional groups attached to an aromatic ring is 1. The number of hydrogen-bond acceptors (Lipinski definition) is 8. The van der Waals surface area contributed by atoms with Crippen LogP contribution in [0.4, 0.5) is 29.2 Å². The van der Waals surface area contributed by atoms with Gasteiger partial charge in [-0.05, 0) is 18.6 Å². The van der Waals surface area contributed by atoms with Crippen LogP contribution in [0, 0.1) is 25.3 Å². The van der Waals surface area contributed by atoms with E-state index in [2.05, 4.69) is 25.3 Å². The standard InChI is InChI=1S/C20H17F4N7O/c1-3-32-19-12-15(27-9-28-18(12)31-6-4-26-5-7-31)14(21)17(30-19)16-13(20(22,23)24)10(2)8-11(25)29-16/h1,8-9,26H,4-7H2,2H3,(H2,25,29). The van der Waals surface area contributed by atoms with E-state index in [0.29, 0.717) is 32.0 Å². The van der Waals surface area contributed by atoms with E-state index < -0.39 is 28.9 Å². The van der Waals surface area contributed by atoms with E-state index >= 15 is 4.39 Å². The molecule has 0 aromatic carbocycles. The highest BCUT2D eigenvalue weighted by Crippen LogP contribution is 2.42. The SMILES string of the molecule is C#COc1nc(-c2nc(N)cc(C)c2C(F)(F)F)c(F)c2ncnc(N3CCNCC3)c12. The van der Waals surface area contributed by atoms with Gasteiger partial charge in [-0.15, -0.1) is 0 Å². The van der Waals surface area contributed by atoms with E-state index in [-0.39, 0.29) is 28.2 Å². The second-order valence-electron chi connectivity index (χ2n) is 7.04. The van der Waals surface area contributed by atoms with Crippen molar-refractivity contribution in [2.75, 3.05) is 36.8 Å². The van der Waals surface area contributed by atoms with E-state index in [1.807, 2.05) is 11.0 Å². The van der Waals surface area contributed by atoms with Gasteiger partial charge < -0.3 is 20.7 Å². The van der Waals surface area contributed by atoms with E-state index in [1.165, 1.54) is 6.92 Å². The molecular weight excluding hydrogens is 430 g/mol. The number of nitrogens with zero attached hydrogens (tertiary/aromatic N) is 5. The first-order valence-corrected chi connectivity index (χ1v) is 9.49. The van der Waals surface area contributed by atoms with Crippen molar-refractivity contribution in [3.63, 3.8) is 0 Å². The van der Waals surface area contributed by atoms with Crippen LogP contribution in [0.25, 0.3) is 22.3 Å². The Morgan fingerprint density at radius 3 is 2.56 bits per heavy atom. The molecule has 0 atom stereocenters. The highest BCUT2D eigenvalue weighted by Gasteiger charge is 2.38. The summed E-state index contributed by atoms with van der Waals surface area (Å²) >= 11 is 0. The Bertz CT molecular complexity index is 1230. The Hall–Kier alpha value is -3.72. The first-order valence-electron chi connectivity index (χ1n) is 9.49. The van der Waals surface area contributed by atoms with Crippen molar-refractivity contribution in [3.05, 3.63) is 29.3 Å². The maximum Gasteiger partial charge on any atom is 0.418 e. The summed E-state index contributed by atoms with van der Waals surface area (Å²) in [6, 6.07) is 1.05. The molecule has 166 valence electrons. The van der Waals surface area contributed by atoms with Crippen LogP contribution in [-0.2, 0) is 6.18 Å². The molecule has 1 saturated heterocycles. The Balaban J connectivity index is 2.04. The summed E-state index contributed by atoms with van der Waals surface area (Å²) in [7, 11) is 0. The van der Waals surface area contributed by atoms with Crippen molar-refractivity contribution in [3.8, 4) is 29.8 Å². The van der Waals surface area contributed by atoms with Crippen LogP contribution in [0.5, 0.6) is 5.88 Å². The van der Waals surface area contributed by atoms with E-state index in [1.54, 1.807) is 0 Å². The fourth-order valence-electron chi connectivity index (χ4n) is 3.69. The van der Waals surface area contributed by atoms with Crippen molar-refractivity contribution in [2.24, 2.45) is 0 Å². The summed E-state index contributed by atoms with van der Waals surface area (Å²) in [5.41, 5.74) is 2.46. The number of nitrogens with one attached hydrogen (secondary N) is 1.